The summed E-state index contributed by atoms with van der Waals surface area (Å²) in [6, 6.07) is 25.5. The van der Waals surface area contributed by atoms with Crippen LogP contribution in [0.1, 0.15) is 17.0 Å². The second-order valence-electron chi connectivity index (χ2n) is 10.0. The fourth-order valence-corrected chi connectivity index (χ4v) is 4.82. The van der Waals surface area contributed by atoms with Crippen molar-refractivity contribution >= 4 is 23.1 Å². The van der Waals surface area contributed by atoms with Crippen LogP contribution in [0.4, 0.5) is 17.5 Å². The Morgan fingerprint density at radius 2 is 1.41 bits per heavy atom. The van der Waals surface area contributed by atoms with Gasteiger partial charge in [-0.15, -0.1) is 0 Å². The third kappa shape index (κ3) is 6.21. The van der Waals surface area contributed by atoms with E-state index in [1.165, 1.54) is 0 Å². The molecule has 6 rings (SSSR count). The lowest BCUT2D eigenvalue weighted by Gasteiger charge is -2.24. The van der Waals surface area contributed by atoms with Gasteiger partial charge >= 0.3 is 0 Å². The normalized spacial score (nSPS) is 10.9. The van der Waals surface area contributed by atoms with E-state index >= 15 is 0 Å². The fraction of sp³-hybridized carbons (Fsp3) is 0.182. The first-order chi connectivity index (χ1) is 21.5. The molecule has 11 nitrogen and oxygen atoms in total. The Hall–Kier alpha value is -5.71. The van der Waals surface area contributed by atoms with Crippen LogP contribution in [0.2, 0.25) is 0 Å². The molecule has 0 radical (unpaired) electrons. The molecular weight excluding hydrogens is 556 g/mol. The number of aromatic nitrogens is 6. The number of hydrogen-bond acceptors (Lipinski definition) is 10. The highest BCUT2D eigenvalue weighted by Gasteiger charge is 2.21. The minimum absolute atomic E-state index is 0.490. The number of methoxy groups -OCH3 is 3. The Labute approximate surface area is 255 Å². The molecule has 11 heteroatoms. The maximum Gasteiger partial charge on any atom is 0.229 e. The molecular formula is C33H32N8O3. The number of aryl methyl sites for hydroxylation is 1. The van der Waals surface area contributed by atoms with Gasteiger partial charge in [0.15, 0.2) is 11.6 Å². The van der Waals surface area contributed by atoms with Crippen LogP contribution >= 0.6 is 0 Å². The molecule has 0 unspecified atom stereocenters. The number of fused-ring (bicyclic) bond motifs is 1. The van der Waals surface area contributed by atoms with Gasteiger partial charge in [0.05, 0.1) is 33.2 Å². The smallest absolute Gasteiger partial charge is 0.229 e. The van der Waals surface area contributed by atoms with Crippen LogP contribution < -0.4 is 24.4 Å². The Morgan fingerprint density at radius 3 is 2.00 bits per heavy atom. The van der Waals surface area contributed by atoms with Crippen LogP contribution in [0.5, 0.6) is 17.4 Å². The van der Waals surface area contributed by atoms with Crippen molar-refractivity contribution in [3.05, 3.63) is 108 Å². The number of ether oxygens (including phenoxy) is 3. The van der Waals surface area contributed by atoms with E-state index in [2.05, 4.69) is 15.2 Å². The van der Waals surface area contributed by atoms with Gasteiger partial charge < -0.3 is 24.4 Å². The molecule has 0 aliphatic carbocycles. The predicted octanol–water partition coefficient (Wildman–Crippen LogP) is 5.87. The molecule has 6 aromatic rings. The van der Waals surface area contributed by atoms with Crippen LogP contribution in [0, 0.1) is 6.92 Å². The van der Waals surface area contributed by atoms with E-state index in [1.807, 2.05) is 90.3 Å². The van der Waals surface area contributed by atoms with Crippen molar-refractivity contribution in [2.45, 2.75) is 20.0 Å². The van der Waals surface area contributed by atoms with Crippen molar-refractivity contribution in [3.8, 4) is 28.9 Å². The van der Waals surface area contributed by atoms with E-state index in [4.69, 9.17) is 34.1 Å². The second kappa shape index (κ2) is 12.7. The van der Waals surface area contributed by atoms with Crippen LogP contribution in [0.15, 0.2) is 91.3 Å². The zero-order valence-corrected chi connectivity index (χ0v) is 24.9. The predicted molar refractivity (Wildman–Crippen MR) is 169 cm³/mol. The summed E-state index contributed by atoms with van der Waals surface area (Å²) in [6.45, 7) is 3.00. The van der Waals surface area contributed by atoms with Gasteiger partial charge in [0.1, 0.15) is 28.7 Å². The summed E-state index contributed by atoms with van der Waals surface area (Å²) in [4.78, 5) is 25.9. The number of nitrogens with one attached hydrogen (secondary N) is 1. The van der Waals surface area contributed by atoms with Crippen LogP contribution in [0.25, 0.3) is 17.2 Å². The molecule has 0 amide bonds. The van der Waals surface area contributed by atoms with Crippen molar-refractivity contribution < 1.29 is 14.2 Å². The fourth-order valence-electron chi connectivity index (χ4n) is 4.82. The van der Waals surface area contributed by atoms with E-state index in [-0.39, 0.29) is 0 Å². The largest absolute Gasteiger partial charge is 0.497 e. The van der Waals surface area contributed by atoms with Crippen molar-refractivity contribution in [3.63, 3.8) is 0 Å². The third-order valence-electron chi connectivity index (χ3n) is 7.03. The Morgan fingerprint density at radius 1 is 0.727 bits per heavy atom. The molecule has 1 N–H and O–H groups in total. The van der Waals surface area contributed by atoms with E-state index in [0.717, 1.165) is 34.0 Å². The maximum absolute atomic E-state index is 5.37. The molecule has 2 aromatic carbocycles. The lowest BCUT2D eigenvalue weighted by atomic mass is 10.1. The average Bonchev–Trinajstić information content (AvgIpc) is 3.43. The number of rotatable bonds is 11. The maximum atomic E-state index is 5.37. The minimum atomic E-state index is 0.490. The average molecular weight is 589 g/mol. The molecule has 222 valence electrons. The Kier molecular flexibility index (Phi) is 8.17. The molecule has 4 heterocycles. The van der Waals surface area contributed by atoms with Gasteiger partial charge in [0.2, 0.25) is 11.8 Å². The molecule has 0 saturated heterocycles. The lowest BCUT2D eigenvalue weighted by molar-refractivity contribution is 0.398. The van der Waals surface area contributed by atoms with E-state index in [0.29, 0.717) is 48.1 Å². The van der Waals surface area contributed by atoms with E-state index in [9.17, 15) is 0 Å². The van der Waals surface area contributed by atoms with Gasteiger partial charge in [-0.25, -0.2) is 15.0 Å². The zero-order chi connectivity index (χ0) is 30.5. The number of nitrogens with zero attached hydrogens (tertiary/aromatic N) is 7. The number of hydrogen-bond donors (Lipinski definition) is 1. The number of imidazole rings is 1. The van der Waals surface area contributed by atoms with Crippen molar-refractivity contribution in [2.75, 3.05) is 31.5 Å². The molecule has 0 fully saturated rings. The van der Waals surface area contributed by atoms with Gasteiger partial charge in [0, 0.05) is 25.4 Å². The molecule has 0 atom stereocenters. The summed E-state index contributed by atoms with van der Waals surface area (Å²) in [7, 11) is 4.91. The van der Waals surface area contributed by atoms with Gasteiger partial charge in [-0.3, -0.25) is 4.40 Å². The highest BCUT2D eigenvalue weighted by Crippen LogP contribution is 2.31. The topological polar surface area (TPSA) is 112 Å². The second-order valence-corrected chi connectivity index (χ2v) is 10.0. The van der Waals surface area contributed by atoms with E-state index in [1.54, 1.807) is 33.6 Å². The first-order valence-corrected chi connectivity index (χ1v) is 14.0. The standard InChI is InChI=1S/C33H32N8O3/c1-22-35-31(30-32(38-28-7-5-6-18-41(28)30)37-25-12-17-29(44-4)34-19-25)39-33(36-22)40(20-23-8-13-26(42-2)14-9-23)21-24-10-15-27(43-3)16-11-24/h5-19,37H,20-21H2,1-4H3. The highest BCUT2D eigenvalue weighted by atomic mass is 16.5. The molecule has 44 heavy (non-hydrogen) atoms. The summed E-state index contributed by atoms with van der Waals surface area (Å²) in [6.07, 6.45) is 3.64. The van der Waals surface area contributed by atoms with Crippen molar-refractivity contribution in [1.82, 2.24) is 29.3 Å². The van der Waals surface area contributed by atoms with Gasteiger partial charge in [0.25, 0.3) is 0 Å². The lowest BCUT2D eigenvalue weighted by Crippen LogP contribution is -2.25. The first kappa shape index (κ1) is 28.4. The minimum Gasteiger partial charge on any atom is -0.497 e. The van der Waals surface area contributed by atoms with Crippen LogP contribution in [-0.2, 0) is 13.1 Å². The Bertz CT molecular complexity index is 1810. The molecule has 0 saturated carbocycles. The summed E-state index contributed by atoms with van der Waals surface area (Å²) in [5, 5.41) is 3.39. The van der Waals surface area contributed by atoms with Gasteiger partial charge in [-0.1, -0.05) is 30.3 Å². The summed E-state index contributed by atoms with van der Waals surface area (Å²) in [5.74, 6) is 4.34. The van der Waals surface area contributed by atoms with Crippen LogP contribution in [-0.4, -0.2) is 50.6 Å². The monoisotopic (exact) mass is 588 g/mol. The van der Waals surface area contributed by atoms with Crippen molar-refractivity contribution in [2.24, 2.45) is 0 Å². The quantitative estimate of drug-likeness (QED) is 0.197. The Balaban J connectivity index is 1.42. The number of pyridine rings is 2. The summed E-state index contributed by atoms with van der Waals surface area (Å²) in [5.41, 5.74) is 4.38. The zero-order valence-electron chi connectivity index (χ0n) is 24.9. The first-order valence-electron chi connectivity index (χ1n) is 14.0. The summed E-state index contributed by atoms with van der Waals surface area (Å²) >= 11 is 0. The van der Waals surface area contributed by atoms with Crippen molar-refractivity contribution in [1.29, 1.82) is 0 Å². The van der Waals surface area contributed by atoms with Gasteiger partial charge in [-0.05, 0) is 60.5 Å². The SMILES string of the molecule is COc1ccc(CN(Cc2ccc(OC)cc2)c2nc(C)nc(-c3c(Nc4ccc(OC)nc4)nc4ccccn34)n2)cc1. The molecule has 0 spiro atoms. The number of benzene rings is 2. The third-order valence-corrected chi connectivity index (χ3v) is 7.03. The van der Waals surface area contributed by atoms with Crippen LogP contribution in [0.3, 0.4) is 0 Å². The summed E-state index contributed by atoms with van der Waals surface area (Å²) < 4.78 is 17.9. The molecule has 0 aliphatic rings. The highest BCUT2D eigenvalue weighted by molar-refractivity contribution is 5.76. The van der Waals surface area contributed by atoms with E-state index < -0.39 is 0 Å². The molecule has 0 bridgehead atoms. The van der Waals surface area contributed by atoms with Gasteiger partial charge in [-0.2, -0.15) is 9.97 Å². The molecule has 4 aromatic heterocycles. The molecule has 0 aliphatic heterocycles. The number of anilines is 3.